The Balaban J connectivity index is 1.93. The highest BCUT2D eigenvalue weighted by molar-refractivity contribution is 5.37. The number of aryl methyl sites for hydroxylation is 2. The SMILES string of the molecule is CC1(c2ccc3c(c2)CCC3)CNCCO1. The Morgan fingerprint density at radius 1 is 1.25 bits per heavy atom. The zero-order chi connectivity index (χ0) is 11.0. The number of nitrogens with one attached hydrogen (secondary N) is 1. The summed E-state index contributed by atoms with van der Waals surface area (Å²) in [6.45, 7) is 4.90. The van der Waals surface area contributed by atoms with E-state index in [2.05, 4.69) is 30.4 Å². The van der Waals surface area contributed by atoms with E-state index >= 15 is 0 Å². The monoisotopic (exact) mass is 217 g/mol. The summed E-state index contributed by atoms with van der Waals surface area (Å²) >= 11 is 0. The second kappa shape index (κ2) is 3.86. The van der Waals surface area contributed by atoms with Crippen molar-refractivity contribution in [3.05, 3.63) is 34.9 Å². The first-order valence-corrected chi connectivity index (χ1v) is 6.25. The first kappa shape index (κ1) is 10.3. The molecule has 0 saturated carbocycles. The van der Waals surface area contributed by atoms with Crippen LogP contribution in [0.15, 0.2) is 18.2 Å². The lowest BCUT2D eigenvalue weighted by molar-refractivity contribution is -0.0572. The number of fused-ring (bicyclic) bond motifs is 1. The van der Waals surface area contributed by atoms with Gasteiger partial charge in [-0.3, -0.25) is 0 Å². The average Bonchev–Trinajstić information content (AvgIpc) is 2.77. The topological polar surface area (TPSA) is 21.3 Å². The van der Waals surface area contributed by atoms with Crippen molar-refractivity contribution in [1.82, 2.24) is 5.32 Å². The molecule has 0 aromatic heterocycles. The van der Waals surface area contributed by atoms with Crippen LogP contribution in [0.2, 0.25) is 0 Å². The molecule has 3 rings (SSSR count). The summed E-state index contributed by atoms with van der Waals surface area (Å²) in [6, 6.07) is 6.90. The van der Waals surface area contributed by atoms with Gasteiger partial charge in [-0.05, 0) is 42.9 Å². The van der Waals surface area contributed by atoms with Crippen molar-refractivity contribution in [3.8, 4) is 0 Å². The van der Waals surface area contributed by atoms with Crippen molar-refractivity contribution in [2.24, 2.45) is 0 Å². The Bertz CT molecular complexity index is 394. The predicted molar refractivity (Wildman–Crippen MR) is 64.6 cm³/mol. The minimum Gasteiger partial charge on any atom is -0.368 e. The van der Waals surface area contributed by atoms with Crippen molar-refractivity contribution < 1.29 is 4.74 Å². The molecule has 1 aliphatic heterocycles. The number of hydrogen-bond donors (Lipinski definition) is 1. The number of morpholine rings is 1. The van der Waals surface area contributed by atoms with Crippen molar-refractivity contribution in [2.45, 2.75) is 31.8 Å². The van der Waals surface area contributed by atoms with Gasteiger partial charge in [0, 0.05) is 13.1 Å². The predicted octanol–water partition coefficient (Wildman–Crippen LogP) is 2.01. The number of hydrogen-bond acceptors (Lipinski definition) is 2. The largest absolute Gasteiger partial charge is 0.368 e. The average molecular weight is 217 g/mol. The van der Waals surface area contributed by atoms with Crippen molar-refractivity contribution in [1.29, 1.82) is 0 Å². The van der Waals surface area contributed by atoms with E-state index in [0.717, 1.165) is 19.7 Å². The van der Waals surface area contributed by atoms with E-state index in [1.165, 1.54) is 36.0 Å². The summed E-state index contributed by atoms with van der Waals surface area (Å²) in [5.74, 6) is 0. The van der Waals surface area contributed by atoms with Gasteiger partial charge in [-0.1, -0.05) is 18.2 Å². The Morgan fingerprint density at radius 2 is 2.12 bits per heavy atom. The molecule has 2 aliphatic rings. The number of benzene rings is 1. The molecule has 86 valence electrons. The first-order valence-electron chi connectivity index (χ1n) is 6.25. The van der Waals surface area contributed by atoms with Crippen LogP contribution in [-0.4, -0.2) is 19.7 Å². The van der Waals surface area contributed by atoms with Gasteiger partial charge < -0.3 is 10.1 Å². The fourth-order valence-corrected chi connectivity index (χ4v) is 2.81. The Kier molecular flexibility index (Phi) is 2.49. The van der Waals surface area contributed by atoms with E-state index in [9.17, 15) is 0 Å². The second-order valence-electron chi connectivity index (χ2n) is 5.09. The van der Waals surface area contributed by atoms with E-state index < -0.39 is 0 Å². The van der Waals surface area contributed by atoms with Crippen LogP contribution in [-0.2, 0) is 23.2 Å². The van der Waals surface area contributed by atoms with Crippen LogP contribution >= 0.6 is 0 Å². The van der Waals surface area contributed by atoms with Gasteiger partial charge in [0.25, 0.3) is 0 Å². The maximum atomic E-state index is 5.95. The van der Waals surface area contributed by atoms with Crippen LogP contribution in [0, 0.1) is 0 Å². The molecule has 2 nitrogen and oxygen atoms in total. The lowest BCUT2D eigenvalue weighted by atomic mass is 9.92. The summed E-state index contributed by atoms with van der Waals surface area (Å²) in [5.41, 5.74) is 4.28. The Labute approximate surface area is 97.0 Å². The maximum absolute atomic E-state index is 5.95. The summed E-state index contributed by atoms with van der Waals surface area (Å²) in [4.78, 5) is 0. The lowest BCUT2D eigenvalue weighted by Gasteiger charge is -2.35. The van der Waals surface area contributed by atoms with E-state index in [0.29, 0.717) is 0 Å². The van der Waals surface area contributed by atoms with E-state index in [-0.39, 0.29) is 5.60 Å². The maximum Gasteiger partial charge on any atom is 0.103 e. The number of rotatable bonds is 1. The quantitative estimate of drug-likeness (QED) is 0.777. The van der Waals surface area contributed by atoms with Crippen molar-refractivity contribution in [3.63, 3.8) is 0 Å². The molecule has 0 amide bonds. The molecule has 1 heterocycles. The minimum absolute atomic E-state index is 0.129. The summed E-state index contributed by atoms with van der Waals surface area (Å²) < 4.78 is 5.95. The van der Waals surface area contributed by atoms with Gasteiger partial charge in [-0.15, -0.1) is 0 Å². The third-order valence-electron chi connectivity index (χ3n) is 3.87. The highest BCUT2D eigenvalue weighted by atomic mass is 16.5. The first-order chi connectivity index (χ1) is 7.78. The molecule has 1 atom stereocenters. The molecule has 1 fully saturated rings. The summed E-state index contributed by atoms with van der Waals surface area (Å²) in [5, 5.41) is 3.42. The molecular formula is C14H19NO. The minimum atomic E-state index is -0.129. The molecule has 1 aromatic rings. The zero-order valence-corrected chi connectivity index (χ0v) is 9.88. The number of ether oxygens (including phenoxy) is 1. The van der Waals surface area contributed by atoms with Crippen LogP contribution in [0.1, 0.15) is 30.0 Å². The normalized spacial score (nSPS) is 29.1. The second-order valence-corrected chi connectivity index (χ2v) is 5.09. The molecule has 1 aliphatic carbocycles. The fraction of sp³-hybridized carbons (Fsp3) is 0.571. The lowest BCUT2D eigenvalue weighted by Crippen LogP contribution is -2.45. The third kappa shape index (κ3) is 1.66. The summed E-state index contributed by atoms with van der Waals surface area (Å²) in [7, 11) is 0. The highest BCUT2D eigenvalue weighted by Gasteiger charge is 2.30. The van der Waals surface area contributed by atoms with E-state index in [1.54, 1.807) is 0 Å². The van der Waals surface area contributed by atoms with Gasteiger partial charge >= 0.3 is 0 Å². The van der Waals surface area contributed by atoms with Crippen LogP contribution < -0.4 is 5.32 Å². The smallest absolute Gasteiger partial charge is 0.103 e. The Morgan fingerprint density at radius 3 is 2.94 bits per heavy atom. The molecule has 1 aromatic carbocycles. The highest BCUT2D eigenvalue weighted by Crippen LogP contribution is 2.31. The van der Waals surface area contributed by atoms with Crippen LogP contribution in [0.5, 0.6) is 0 Å². The van der Waals surface area contributed by atoms with Gasteiger partial charge in [0.15, 0.2) is 0 Å². The van der Waals surface area contributed by atoms with E-state index in [4.69, 9.17) is 4.74 Å². The molecule has 0 spiro atoms. The molecular weight excluding hydrogens is 198 g/mol. The standard InChI is InChI=1S/C14H19NO/c1-14(10-15-7-8-16-14)13-6-5-11-3-2-4-12(11)9-13/h5-6,9,15H,2-4,7-8,10H2,1H3. The Hall–Kier alpha value is -0.860. The van der Waals surface area contributed by atoms with Gasteiger partial charge in [0.05, 0.1) is 6.61 Å². The molecule has 1 N–H and O–H groups in total. The van der Waals surface area contributed by atoms with Gasteiger partial charge in [0.1, 0.15) is 5.60 Å². The molecule has 0 bridgehead atoms. The van der Waals surface area contributed by atoms with Crippen molar-refractivity contribution in [2.75, 3.05) is 19.7 Å². The van der Waals surface area contributed by atoms with Crippen LogP contribution in [0.4, 0.5) is 0 Å². The molecule has 16 heavy (non-hydrogen) atoms. The van der Waals surface area contributed by atoms with Crippen molar-refractivity contribution >= 4 is 0 Å². The van der Waals surface area contributed by atoms with Crippen LogP contribution in [0.25, 0.3) is 0 Å². The zero-order valence-electron chi connectivity index (χ0n) is 9.88. The molecule has 2 heteroatoms. The third-order valence-corrected chi connectivity index (χ3v) is 3.87. The fourth-order valence-electron chi connectivity index (χ4n) is 2.81. The van der Waals surface area contributed by atoms with Gasteiger partial charge in [-0.2, -0.15) is 0 Å². The molecule has 1 saturated heterocycles. The summed E-state index contributed by atoms with van der Waals surface area (Å²) in [6.07, 6.45) is 3.81. The van der Waals surface area contributed by atoms with Gasteiger partial charge in [0.2, 0.25) is 0 Å². The van der Waals surface area contributed by atoms with Gasteiger partial charge in [-0.25, -0.2) is 0 Å². The molecule has 1 unspecified atom stereocenters. The van der Waals surface area contributed by atoms with E-state index in [1.807, 2.05) is 0 Å². The van der Waals surface area contributed by atoms with Crippen LogP contribution in [0.3, 0.4) is 0 Å². The molecule has 0 radical (unpaired) electrons.